The third-order valence-electron chi connectivity index (χ3n) is 4.99. The maximum absolute atomic E-state index is 12.9. The Labute approximate surface area is 169 Å². The van der Waals surface area contributed by atoms with Gasteiger partial charge in [-0.2, -0.15) is 0 Å². The van der Waals surface area contributed by atoms with Crippen LogP contribution in [0.2, 0.25) is 0 Å². The van der Waals surface area contributed by atoms with E-state index in [1.807, 2.05) is 18.5 Å². The van der Waals surface area contributed by atoms with Crippen molar-refractivity contribution < 1.29 is 13.9 Å². The van der Waals surface area contributed by atoms with Crippen LogP contribution in [-0.2, 0) is 11.8 Å². The molecule has 1 amide bonds. The quantitative estimate of drug-likeness (QED) is 0.532. The molecule has 2 aromatic rings. The predicted octanol–water partition coefficient (Wildman–Crippen LogP) is 3.88. The minimum absolute atomic E-state index is 0.122. The van der Waals surface area contributed by atoms with Crippen molar-refractivity contribution in [3.8, 4) is 5.75 Å². The molecule has 1 N–H and O–H groups in total. The van der Waals surface area contributed by atoms with Gasteiger partial charge in [-0.25, -0.2) is 4.39 Å². The third kappa shape index (κ3) is 5.47. The minimum atomic E-state index is -0.280. The molecular formula is C20H27FN4O2S. The first kappa shape index (κ1) is 20.6. The van der Waals surface area contributed by atoms with Crippen molar-refractivity contribution in [3.63, 3.8) is 0 Å². The Morgan fingerprint density at radius 2 is 2.00 bits per heavy atom. The Hall–Kier alpha value is -2.09. The van der Waals surface area contributed by atoms with Crippen LogP contribution < -0.4 is 10.1 Å². The molecule has 28 heavy (non-hydrogen) atoms. The highest BCUT2D eigenvalue weighted by Gasteiger charge is 2.24. The van der Waals surface area contributed by atoms with E-state index in [0.29, 0.717) is 18.1 Å². The van der Waals surface area contributed by atoms with E-state index in [4.69, 9.17) is 4.74 Å². The third-order valence-corrected chi connectivity index (χ3v) is 5.97. The maximum atomic E-state index is 12.9. The Kier molecular flexibility index (Phi) is 7.30. The second kappa shape index (κ2) is 9.91. The van der Waals surface area contributed by atoms with E-state index in [9.17, 15) is 9.18 Å². The maximum Gasteiger partial charge on any atom is 0.223 e. The van der Waals surface area contributed by atoms with Crippen LogP contribution in [0.4, 0.5) is 4.39 Å². The zero-order valence-corrected chi connectivity index (χ0v) is 17.2. The lowest BCUT2D eigenvalue weighted by Gasteiger charge is -2.23. The molecule has 0 bridgehead atoms. The molecule has 1 aromatic heterocycles. The van der Waals surface area contributed by atoms with E-state index in [2.05, 4.69) is 15.5 Å². The van der Waals surface area contributed by atoms with E-state index in [1.165, 1.54) is 30.3 Å². The van der Waals surface area contributed by atoms with Gasteiger partial charge in [0.05, 0.1) is 12.6 Å². The van der Waals surface area contributed by atoms with Crippen molar-refractivity contribution in [2.45, 2.75) is 50.2 Å². The summed E-state index contributed by atoms with van der Waals surface area (Å²) in [6.07, 6.45) is 5.46. The number of rotatable bonds is 8. The van der Waals surface area contributed by atoms with Crippen molar-refractivity contribution in [1.29, 1.82) is 0 Å². The minimum Gasteiger partial charge on any atom is -0.493 e. The molecule has 1 aliphatic rings. The van der Waals surface area contributed by atoms with Crippen molar-refractivity contribution >= 4 is 17.7 Å². The van der Waals surface area contributed by atoms with Crippen molar-refractivity contribution in [3.05, 3.63) is 35.9 Å². The highest BCUT2D eigenvalue weighted by molar-refractivity contribution is 7.99. The number of carbonyl (C=O) groups is 1. The molecule has 1 aliphatic carbocycles. The van der Waals surface area contributed by atoms with Crippen LogP contribution in [0, 0.1) is 11.7 Å². The zero-order valence-electron chi connectivity index (χ0n) is 16.4. The van der Waals surface area contributed by atoms with Gasteiger partial charge in [-0.15, -0.1) is 10.2 Å². The number of aromatic nitrogens is 3. The molecule has 0 spiro atoms. The fraction of sp³-hybridized carbons (Fsp3) is 0.550. The van der Waals surface area contributed by atoms with Gasteiger partial charge in [-0.1, -0.05) is 31.0 Å². The molecule has 0 saturated heterocycles. The van der Waals surface area contributed by atoms with Crippen LogP contribution in [0.5, 0.6) is 5.75 Å². The van der Waals surface area contributed by atoms with Gasteiger partial charge >= 0.3 is 0 Å². The predicted molar refractivity (Wildman–Crippen MR) is 107 cm³/mol. The monoisotopic (exact) mass is 406 g/mol. The Morgan fingerprint density at radius 1 is 1.29 bits per heavy atom. The van der Waals surface area contributed by atoms with Crippen molar-refractivity contribution in [2.24, 2.45) is 13.0 Å². The number of hydrogen-bond acceptors (Lipinski definition) is 5. The number of carbonyl (C=O) groups excluding carboxylic acids is 1. The van der Waals surface area contributed by atoms with Crippen LogP contribution in [-0.4, -0.2) is 33.0 Å². The molecule has 6 nitrogen and oxygen atoms in total. The van der Waals surface area contributed by atoms with Gasteiger partial charge in [0.15, 0.2) is 11.0 Å². The van der Waals surface area contributed by atoms with Gasteiger partial charge in [-0.05, 0) is 44.0 Å². The summed E-state index contributed by atoms with van der Waals surface area (Å²) in [5.74, 6) is 2.04. The molecule has 1 aromatic carbocycles. The Morgan fingerprint density at radius 3 is 2.71 bits per heavy atom. The number of amides is 1. The molecule has 0 aliphatic heterocycles. The number of nitrogens with zero attached hydrogens (tertiary/aromatic N) is 3. The first-order valence-electron chi connectivity index (χ1n) is 9.75. The lowest BCUT2D eigenvalue weighted by molar-refractivity contribution is -0.126. The lowest BCUT2D eigenvalue weighted by Crippen LogP contribution is -2.34. The van der Waals surface area contributed by atoms with Crippen LogP contribution in [0.25, 0.3) is 0 Å². The molecule has 3 rings (SSSR count). The Balaban J connectivity index is 1.47. The standard InChI is InChI=1S/C20H27FN4O2S/c1-14(22-19(26)15-6-4-3-5-7-15)18-23-24-20(25(18)2)28-13-12-27-17-10-8-16(21)9-11-17/h8-11,14-15H,3-7,12-13H2,1-2H3,(H,22,26)/t14-/m1/s1. The van der Waals surface area contributed by atoms with Gasteiger partial charge in [0, 0.05) is 18.7 Å². The molecule has 0 radical (unpaired) electrons. The van der Waals surface area contributed by atoms with E-state index in [-0.39, 0.29) is 23.7 Å². The fourth-order valence-corrected chi connectivity index (χ4v) is 4.15. The number of benzene rings is 1. The summed E-state index contributed by atoms with van der Waals surface area (Å²) >= 11 is 1.53. The molecule has 1 atom stereocenters. The van der Waals surface area contributed by atoms with Crippen LogP contribution in [0.15, 0.2) is 29.4 Å². The summed E-state index contributed by atoms with van der Waals surface area (Å²) in [5, 5.41) is 12.3. The molecule has 1 heterocycles. The summed E-state index contributed by atoms with van der Waals surface area (Å²) in [5.41, 5.74) is 0. The van der Waals surface area contributed by atoms with Crippen LogP contribution >= 0.6 is 11.8 Å². The van der Waals surface area contributed by atoms with Gasteiger partial charge < -0.3 is 14.6 Å². The summed E-state index contributed by atoms with van der Waals surface area (Å²) in [4.78, 5) is 12.5. The van der Waals surface area contributed by atoms with Crippen molar-refractivity contribution in [1.82, 2.24) is 20.1 Å². The zero-order chi connectivity index (χ0) is 19.9. The average molecular weight is 407 g/mol. The van der Waals surface area contributed by atoms with E-state index < -0.39 is 0 Å². The largest absolute Gasteiger partial charge is 0.493 e. The van der Waals surface area contributed by atoms with Gasteiger partial charge in [0.2, 0.25) is 5.91 Å². The number of hydrogen-bond donors (Lipinski definition) is 1. The summed E-state index contributed by atoms with van der Waals surface area (Å²) in [7, 11) is 1.90. The van der Waals surface area contributed by atoms with E-state index in [1.54, 1.807) is 12.1 Å². The Bertz CT molecular complexity index is 775. The molecular weight excluding hydrogens is 379 g/mol. The highest BCUT2D eigenvalue weighted by atomic mass is 32.2. The summed E-state index contributed by atoms with van der Waals surface area (Å²) < 4.78 is 20.4. The SMILES string of the molecule is C[C@@H](NC(=O)C1CCCCC1)c1nnc(SCCOc2ccc(F)cc2)n1C. The summed E-state index contributed by atoms with van der Waals surface area (Å²) in [6.45, 7) is 2.42. The molecule has 1 saturated carbocycles. The molecule has 152 valence electrons. The average Bonchev–Trinajstić information content (AvgIpc) is 3.08. The lowest BCUT2D eigenvalue weighted by atomic mass is 9.88. The highest BCUT2D eigenvalue weighted by Crippen LogP contribution is 2.25. The molecule has 8 heteroatoms. The summed E-state index contributed by atoms with van der Waals surface area (Å²) in [6, 6.07) is 5.78. The first-order valence-corrected chi connectivity index (χ1v) is 10.7. The number of ether oxygens (including phenoxy) is 1. The topological polar surface area (TPSA) is 69.0 Å². The number of thioether (sulfide) groups is 1. The van der Waals surface area contributed by atoms with Crippen LogP contribution in [0.1, 0.15) is 50.9 Å². The first-order chi connectivity index (χ1) is 13.5. The van der Waals surface area contributed by atoms with Gasteiger partial charge in [0.25, 0.3) is 0 Å². The van der Waals surface area contributed by atoms with Gasteiger partial charge in [0.1, 0.15) is 11.6 Å². The number of halogens is 1. The number of nitrogens with one attached hydrogen (secondary N) is 1. The normalized spacial score (nSPS) is 16.0. The van der Waals surface area contributed by atoms with Gasteiger partial charge in [-0.3, -0.25) is 4.79 Å². The molecule has 0 unspecified atom stereocenters. The second-order valence-corrected chi connectivity index (χ2v) is 8.18. The van der Waals surface area contributed by atoms with Crippen molar-refractivity contribution in [2.75, 3.05) is 12.4 Å². The second-order valence-electron chi connectivity index (χ2n) is 7.12. The fourth-order valence-electron chi connectivity index (χ4n) is 3.41. The van der Waals surface area contributed by atoms with E-state index in [0.717, 1.165) is 36.7 Å². The smallest absolute Gasteiger partial charge is 0.223 e. The van der Waals surface area contributed by atoms with E-state index >= 15 is 0 Å². The molecule has 1 fully saturated rings. The van der Waals surface area contributed by atoms with Crippen LogP contribution in [0.3, 0.4) is 0 Å².